The van der Waals surface area contributed by atoms with Gasteiger partial charge in [0.15, 0.2) is 3.92 Å². The number of carbonyl (C=O) groups is 1. The molecule has 1 amide bonds. The molecule has 21 heavy (non-hydrogen) atoms. The average molecular weight is 375 g/mol. The number of nitrogens with one attached hydrogen (secondary N) is 1. The second-order valence-electron chi connectivity index (χ2n) is 6.40. The SMILES string of the molecule is CC(C)(O)C(=O)NC1[C@@H]2CC[C@H]1CN(c1nnc(Br)s1)C2. The lowest BCUT2D eigenvalue weighted by atomic mass is 9.91. The number of halogens is 1. The fourth-order valence-corrected chi connectivity index (χ4v) is 4.37. The summed E-state index contributed by atoms with van der Waals surface area (Å²) in [5.41, 5.74) is -1.32. The van der Waals surface area contributed by atoms with Crippen LogP contribution in [0.15, 0.2) is 3.92 Å². The molecule has 2 N–H and O–H groups in total. The topological polar surface area (TPSA) is 78.4 Å². The van der Waals surface area contributed by atoms with Crippen molar-refractivity contribution in [2.45, 2.75) is 38.3 Å². The largest absolute Gasteiger partial charge is 0.381 e. The van der Waals surface area contributed by atoms with E-state index >= 15 is 0 Å². The molecule has 1 saturated carbocycles. The van der Waals surface area contributed by atoms with Gasteiger partial charge in [0.05, 0.1) is 0 Å². The van der Waals surface area contributed by atoms with Crippen molar-refractivity contribution in [2.75, 3.05) is 18.0 Å². The normalized spacial score (nSPS) is 28.8. The van der Waals surface area contributed by atoms with E-state index in [0.29, 0.717) is 11.8 Å². The molecule has 2 fully saturated rings. The third-order valence-corrected chi connectivity index (χ3v) is 5.76. The highest BCUT2D eigenvalue weighted by Crippen LogP contribution is 2.39. The number of hydrogen-bond acceptors (Lipinski definition) is 6. The number of hydrogen-bond donors (Lipinski definition) is 2. The van der Waals surface area contributed by atoms with Gasteiger partial charge < -0.3 is 15.3 Å². The van der Waals surface area contributed by atoms with Crippen molar-refractivity contribution in [1.29, 1.82) is 0 Å². The van der Waals surface area contributed by atoms with E-state index in [9.17, 15) is 9.90 Å². The molecule has 0 aromatic carbocycles. The van der Waals surface area contributed by atoms with E-state index in [2.05, 4.69) is 36.3 Å². The molecule has 2 bridgehead atoms. The number of nitrogens with zero attached hydrogens (tertiary/aromatic N) is 3. The zero-order valence-electron chi connectivity index (χ0n) is 12.0. The van der Waals surface area contributed by atoms with Crippen molar-refractivity contribution in [1.82, 2.24) is 15.5 Å². The fraction of sp³-hybridized carbons (Fsp3) is 0.769. The van der Waals surface area contributed by atoms with Crippen molar-refractivity contribution in [3.05, 3.63) is 3.92 Å². The Hall–Kier alpha value is -0.730. The molecule has 1 aliphatic heterocycles. The van der Waals surface area contributed by atoms with E-state index in [1.54, 1.807) is 0 Å². The molecule has 1 aliphatic carbocycles. The highest BCUT2D eigenvalue weighted by atomic mass is 79.9. The molecular weight excluding hydrogens is 356 g/mol. The van der Waals surface area contributed by atoms with Gasteiger partial charge in [-0.25, -0.2) is 0 Å². The smallest absolute Gasteiger partial charge is 0.251 e. The molecule has 6 nitrogen and oxygen atoms in total. The lowest BCUT2D eigenvalue weighted by Gasteiger charge is -2.38. The zero-order chi connectivity index (χ0) is 15.2. The van der Waals surface area contributed by atoms with Crippen LogP contribution in [0.5, 0.6) is 0 Å². The summed E-state index contributed by atoms with van der Waals surface area (Å²) in [6.45, 7) is 4.82. The monoisotopic (exact) mass is 374 g/mol. The van der Waals surface area contributed by atoms with Crippen LogP contribution >= 0.6 is 27.3 Å². The third-order valence-electron chi connectivity index (χ3n) is 4.35. The first-order chi connectivity index (χ1) is 9.84. The Bertz CT molecular complexity index is 531. The zero-order valence-corrected chi connectivity index (χ0v) is 14.4. The maximum Gasteiger partial charge on any atom is 0.251 e. The number of carbonyl (C=O) groups excluding carboxylic acids is 1. The van der Waals surface area contributed by atoms with Crippen LogP contribution in [0.25, 0.3) is 0 Å². The van der Waals surface area contributed by atoms with Crippen LogP contribution in [0.4, 0.5) is 5.13 Å². The Balaban J connectivity index is 1.68. The fourth-order valence-electron chi connectivity index (χ4n) is 3.27. The predicted octanol–water partition coefficient (Wildman–Crippen LogP) is 1.40. The standard InChI is InChI=1S/C13H19BrN4O2S/c1-13(2,20)10(19)15-9-7-3-4-8(9)6-18(5-7)12-17-16-11(14)21-12/h7-9,20H,3-6H2,1-2H3,(H,15,19)/t7-,8+,9?. The number of aliphatic hydroxyl groups is 1. The van der Waals surface area contributed by atoms with Crippen LogP contribution in [0.3, 0.4) is 0 Å². The first-order valence-corrected chi connectivity index (χ1v) is 8.73. The molecule has 2 heterocycles. The number of rotatable bonds is 3. The molecule has 3 rings (SSSR count). The van der Waals surface area contributed by atoms with Crippen molar-refractivity contribution < 1.29 is 9.90 Å². The summed E-state index contributed by atoms with van der Waals surface area (Å²) in [4.78, 5) is 14.3. The summed E-state index contributed by atoms with van der Waals surface area (Å²) >= 11 is 4.88. The Labute approximate surface area is 136 Å². The van der Waals surface area contributed by atoms with Crippen molar-refractivity contribution in [3.8, 4) is 0 Å². The summed E-state index contributed by atoms with van der Waals surface area (Å²) in [7, 11) is 0. The maximum atomic E-state index is 12.0. The second-order valence-corrected chi connectivity index (χ2v) is 8.63. The van der Waals surface area contributed by atoms with E-state index in [-0.39, 0.29) is 11.9 Å². The van der Waals surface area contributed by atoms with Gasteiger partial charge in [0, 0.05) is 19.1 Å². The van der Waals surface area contributed by atoms with Gasteiger partial charge in [-0.15, -0.1) is 10.2 Å². The molecule has 3 atom stereocenters. The number of amides is 1. The molecule has 116 valence electrons. The Kier molecular flexibility index (Phi) is 3.96. The van der Waals surface area contributed by atoms with Gasteiger partial charge >= 0.3 is 0 Å². The highest BCUT2D eigenvalue weighted by Gasteiger charge is 2.44. The predicted molar refractivity (Wildman–Crippen MR) is 84.3 cm³/mol. The highest BCUT2D eigenvalue weighted by molar-refractivity contribution is 9.11. The molecule has 2 aliphatic rings. The van der Waals surface area contributed by atoms with Gasteiger partial charge in [0.2, 0.25) is 5.13 Å². The van der Waals surface area contributed by atoms with Gasteiger partial charge in [0.25, 0.3) is 5.91 Å². The van der Waals surface area contributed by atoms with Crippen molar-refractivity contribution in [2.24, 2.45) is 11.8 Å². The van der Waals surface area contributed by atoms with Gasteiger partial charge in [-0.1, -0.05) is 11.3 Å². The van der Waals surface area contributed by atoms with E-state index in [1.807, 2.05) is 0 Å². The lowest BCUT2D eigenvalue weighted by molar-refractivity contribution is -0.137. The summed E-state index contributed by atoms with van der Waals surface area (Å²) in [5.74, 6) is 0.548. The molecule has 1 unspecified atom stereocenters. The van der Waals surface area contributed by atoms with E-state index in [1.165, 1.54) is 25.2 Å². The van der Waals surface area contributed by atoms with Crippen molar-refractivity contribution in [3.63, 3.8) is 0 Å². The maximum absolute atomic E-state index is 12.0. The lowest BCUT2D eigenvalue weighted by Crippen LogP contribution is -2.56. The minimum absolute atomic E-state index is 0.163. The van der Waals surface area contributed by atoms with Gasteiger partial charge in [-0.3, -0.25) is 4.79 Å². The third kappa shape index (κ3) is 3.07. The van der Waals surface area contributed by atoms with Crippen LogP contribution in [-0.4, -0.2) is 45.9 Å². The van der Waals surface area contributed by atoms with Crippen LogP contribution in [0.1, 0.15) is 26.7 Å². The minimum Gasteiger partial charge on any atom is -0.381 e. The Morgan fingerprint density at radius 2 is 2.00 bits per heavy atom. The summed E-state index contributed by atoms with van der Waals surface area (Å²) in [6, 6.07) is 0.163. The van der Waals surface area contributed by atoms with E-state index in [0.717, 1.165) is 35.0 Å². The molecule has 8 heteroatoms. The Morgan fingerprint density at radius 3 is 2.48 bits per heavy atom. The van der Waals surface area contributed by atoms with E-state index < -0.39 is 5.60 Å². The summed E-state index contributed by atoms with van der Waals surface area (Å²) in [6.07, 6.45) is 2.22. The summed E-state index contributed by atoms with van der Waals surface area (Å²) in [5, 5.41) is 22.0. The number of fused-ring (bicyclic) bond motifs is 2. The van der Waals surface area contributed by atoms with Crippen LogP contribution in [0, 0.1) is 11.8 Å². The summed E-state index contributed by atoms with van der Waals surface area (Å²) < 4.78 is 0.794. The minimum atomic E-state index is -1.32. The number of piperidine rings is 1. The second kappa shape index (κ2) is 5.48. The first kappa shape index (κ1) is 15.2. The van der Waals surface area contributed by atoms with Crippen LogP contribution < -0.4 is 10.2 Å². The van der Waals surface area contributed by atoms with Gasteiger partial charge in [-0.2, -0.15) is 0 Å². The Morgan fingerprint density at radius 1 is 1.38 bits per heavy atom. The van der Waals surface area contributed by atoms with Crippen molar-refractivity contribution >= 4 is 38.3 Å². The van der Waals surface area contributed by atoms with E-state index in [4.69, 9.17) is 0 Å². The van der Waals surface area contributed by atoms with Crippen LogP contribution in [0.2, 0.25) is 0 Å². The quantitative estimate of drug-likeness (QED) is 0.835. The molecule has 1 aromatic heterocycles. The first-order valence-electron chi connectivity index (χ1n) is 7.12. The molecule has 1 saturated heterocycles. The molecular formula is C13H19BrN4O2S. The van der Waals surface area contributed by atoms with Crippen LogP contribution in [-0.2, 0) is 4.79 Å². The number of anilines is 1. The molecule has 0 radical (unpaired) electrons. The van der Waals surface area contributed by atoms with Gasteiger partial charge in [-0.05, 0) is 54.5 Å². The number of aromatic nitrogens is 2. The molecule has 0 spiro atoms. The van der Waals surface area contributed by atoms with Gasteiger partial charge in [0.1, 0.15) is 5.60 Å². The average Bonchev–Trinajstić information content (AvgIpc) is 2.90. The molecule has 1 aromatic rings.